The van der Waals surface area contributed by atoms with Crippen LogP contribution in [0.4, 0.5) is 17.6 Å². The van der Waals surface area contributed by atoms with Crippen LogP contribution in [0, 0.1) is 23.3 Å². The Hall–Kier alpha value is -5.80. The van der Waals surface area contributed by atoms with Crippen LogP contribution in [0.3, 0.4) is 0 Å². The topological polar surface area (TPSA) is 80.9 Å². The fourth-order valence-corrected chi connectivity index (χ4v) is 16.2. The summed E-state index contributed by atoms with van der Waals surface area (Å²) in [4.78, 5) is 0. The van der Waals surface area contributed by atoms with Crippen LogP contribution in [0.2, 0.25) is 0 Å². The van der Waals surface area contributed by atoms with Crippen molar-refractivity contribution in [3.63, 3.8) is 0 Å². The number of hydrogen-bond donors (Lipinski definition) is 4. The molecule has 436 valence electrons. The SMILES string of the molecule is OC1(c2cccc3c2Cc2cccc(F)c2-3)CCCCC1.OC1(c2cccc3c2Cc2cccc(F)c2-3)CCCCC1.OC1(c2cccc3c2Cc2cccc(F)c2-3)CCCCC1.OC1(c2cccc3c2Cc2cccc(F)c2-3)CCCCC1.[Zr]. The molecule has 0 saturated heterocycles. The summed E-state index contributed by atoms with van der Waals surface area (Å²) in [5, 5.41) is 44.2. The first-order valence-corrected chi connectivity index (χ1v) is 31.3. The van der Waals surface area contributed by atoms with E-state index < -0.39 is 22.4 Å². The zero-order chi connectivity index (χ0) is 57.8. The Morgan fingerprint density at radius 1 is 0.247 bits per heavy atom. The molecule has 8 aliphatic rings. The quantitative estimate of drug-likeness (QED) is 0.132. The van der Waals surface area contributed by atoms with E-state index in [1.54, 1.807) is 24.3 Å². The molecule has 0 aliphatic heterocycles. The van der Waals surface area contributed by atoms with E-state index in [9.17, 15) is 38.0 Å². The van der Waals surface area contributed by atoms with Crippen molar-refractivity contribution >= 4 is 0 Å². The predicted octanol–water partition coefficient (Wildman–Crippen LogP) is 18.2. The number of fused-ring (bicyclic) bond motifs is 12. The van der Waals surface area contributed by atoms with Crippen molar-refractivity contribution in [1.29, 1.82) is 0 Å². The molecule has 8 aromatic rings. The maximum Gasteiger partial charge on any atom is 0.131 e. The number of hydrogen-bond acceptors (Lipinski definition) is 4. The van der Waals surface area contributed by atoms with Crippen LogP contribution >= 0.6 is 0 Å². The van der Waals surface area contributed by atoms with E-state index in [-0.39, 0.29) is 49.5 Å². The molecule has 16 rings (SSSR count). The molecule has 0 bridgehead atoms. The minimum Gasteiger partial charge on any atom is -0.385 e. The minimum absolute atomic E-state index is 0. The maximum atomic E-state index is 14.2. The Morgan fingerprint density at radius 3 is 0.635 bits per heavy atom. The molecule has 4 nitrogen and oxygen atoms in total. The molecule has 0 aromatic heterocycles. The maximum absolute atomic E-state index is 14.2. The fourth-order valence-electron chi connectivity index (χ4n) is 16.2. The molecule has 0 unspecified atom stereocenters. The molecule has 8 aliphatic carbocycles. The van der Waals surface area contributed by atoms with Crippen molar-refractivity contribution < 1.29 is 64.2 Å². The summed E-state index contributed by atoms with van der Waals surface area (Å²) in [7, 11) is 0. The zero-order valence-electron chi connectivity index (χ0n) is 48.6. The van der Waals surface area contributed by atoms with Gasteiger partial charge in [-0.2, -0.15) is 0 Å². The molecule has 0 atom stereocenters. The van der Waals surface area contributed by atoms with Crippen LogP contribution in [-0.4, -0.2) is 20.4 Å². The van der Waals surface area contributed by atoms with Gasteiger partial charge in [-0.05, 0) is 190 Å². The van der Waals surface area contributed by atoms with Gasteiger partial charge in [-0.25, -0.2) is 17.6 Å². The molecular weight excluding hydrogens is 1140 g/mol. The van der Waals surface area contributed by atoms with Crippen molar-refractivity contribution in [2.75, 3.05) is 0 Å². The summed E-state index contributed by atoms with van der Waals surface area (Å²) >= 11 is 0. The van der Waals surface area contributed by atoms with Crippen molar-refractivity contribution in [3.8, 4) is 44.5 Å². The molecule has 85 heavy (non-hydrogen) atoms. The van der Waals surface area contributed by atoms with E-state index >= 15 is 0 Å². The molecule has 0 spiro atoms. The molecule has 4 fully saturated rings. The average Bonchev–Trinajstić information content (AvgIpc) is 2.17. The molecule has 8 aromatic carbocycles. The third-order valence-electron chi connectivity index (χ3n) is 20.4. The Labute approximate surface area is 517 Å². The number of halogens is 4. The third kappa shape index (κ3) is 11.1. The summed E-state index contributed by atoms with van der Waals surface area (Å²) in [6.45, 7) is 0. The van der Waals surface area contributed by atoms with Gasteiger partial charge in [0.2, 0.25) is 0 Å². The van der Waals surface area contributed by atoms with Crippen molar-refractivity contribution in [3.05, 3.63) is 236 Å². The van der Waals surface area contributed by atoms with Gasteiger partial charge in [-0.3, -0.25) is 0 Å². The van der Waals surface area contributed by atoms with Gasteiger partial charge < -0.3 is 20.4 Å². The Kier molecular flexibility index (Phi) is 17.1. The van der Waals surface area contributed by atoms with Gasteiger partial charge in [-0.1, -0.05) is 198 Å². The van der Waals surface area contributed by atoms with Crippen LogP contribution in [0.5, 0.6) is 0 Å². The third-order valence-corrected chi connectivity index (χ3v) is 20.4. The Balaban J connectivity index is 0.000000111. The van der Waals surface area contributed by atoms with Gasteiger partial charge in [-0.15, -0.1) is 0 Å². The van der Waals surface area contributed by atoms with E-state index in [0.717, 1.165) is 240 Å². The predicted molar refractivity (Wildman–Crippen MR) is 326 cm³/mol. The van der Waals surface area contributed by atoms with E-state index in [4.69, 9.17) is 0 Å². The normalized spacial score (nSPS) is 18.9. The molecule has 0 heterocycles. The monoisotopic (exact) mass is 1220 g/mol. The van der Waals surface area contributed by atoms with Gasteiger partial charge in [0.25, 0.3) is 0 Å². The first-order valence-electron chi connectivity index (χ1n) is 31.3. The average molecular weight is 1220 g/mol. The van der Waals surface area contributed by atoms with Gasteiger partial charge in [0.1, 0.15) is 23.3 Å². The number of aliphatic hydroxyl groups is 4. The molecule has 0 radical (unpaired) electrons. The van der Waals surface area contributed by atoms with Crippen LogP contribution < -0.4 is 0 Å². The van der Waals surface area contributed by atoms with Crippen LogP contribution in [0.25, 0.3) is 44.5 Å². The number of rotatable bonds is 4. The summed E-state index contributed by atoms with van der Waals surface area (Å²) in [6, 6.07) is 45.1. The first-order chi connectivity index (χ1) is 40.8. The summed E-state index contributed by atoms with van der Waals surface area (Å²) < 4.78 is 56.7. The standard InChI is InChI=1S/4C19H19FO.Zr/c4*20-17-9-4-6-13-12-15-14(18(13)17)7-5-8-16(15)19(21)10-2-1-3-11-19;/h4*4-9,21H,1-3,10-12H2;. The van der Waals surface area contributed by atoms with Gasteiger partial charge in [0, 0.05) is 48.5 Å². The second-order valence-corrected chi connectivity index (χ2v) is 25.5. The van der Waals surface area contributed by atoms with Gasteiger partial charge >= 0.3 is 0 Å². The molecule has 4 N–H and O–H groups in total. The van der Waals surface area contributed by atoms with Crippen molar-refractivity contribution in [2.24, 2.45) is 0 Å². The smallest absolute Gasteiger partial charge is 0.131 e. The summed E-state index contributed by atoms with van der Waals surface area (Å²) in [5.41, 5.74) is 16.7. The van der Waals surface area contributed by atoms with Crippen LogP contribution in [0.1, 0.15) is 195 Å². The molecular formula is C76H76F4O4Zr. The summed E-state index contributed by atoms with van der Waals surface area (Å²) in [5.74, 6) is -0.615. The number of benzene rings is 8. The van der Waals surface area contributed by atoms with Crippen LogP contribution in [-0.2, 0) is 74.3 Å². The largest absolute Gasteiger partial charge is 0.385 e. The van der Waals surface area contributed by atoms with Gasteiger partial charge in [0.05, 0.1) is 22.4 Å². The Morgan fingerprint density at radius 2 is 0.435 bits per heavy atom. The fraction of sp³-hybridized carbons (Fsp3) is 0.368. The second-order valence-electron chi connectivity index (χ2n) is 25.5. The van der Waals surface area contributed by atoms with Crippen LogP contribution in [0.15, 0.2) is 146 Å². The van der Waals surface area contributed by atoms with E-state index in [1.807, 2.05) is 97.1 Å². The Bertz CT molecular complexity index is 3290. The van der Waals surface area contributed by atoms with E-state index in [2.05, 4.69) is 0 Å². The van der Waals surface area contributed by atoms with Crippen molar-refractivity contribution in [2.45, 2.75) is 177 Å². The minimum atomic E-state index is -0.720. The van der Waals surface area contributed by atoms with E-state index in [0.29, 0.717) is 0 Å². The van der Waals surface area contributed by atoms with E-state index in [1.165, 1.54) is 49.9 Å². The summed E-state index contributed by atoms with van der Waals surface area (Å²) in [6.07, 6.45) is 22.9. The first kappa shape index (κ1) is 59.5. The van der Waals surface area contributed by atoms with Gasteiger partial charge in [0.15, 0.2) is 0 Å². The zero-order valence-corrected chi connectivity index (χ0v) is 51.1. The van der Waals surface area contributed by atoms with Crippen molar-refractivity contribution in [1.82, 2.24) is 0 Å². The molecule has 4 saturated carbocycles. The molecule has 0 amide bonds. The molecule has 9 heteroatoms. The second kappa shape index (κ2) is 24.4.